The Balaban J connectivity index is 2.60. The van der Waals surface area contributed by atoms with Crippen molar-refractivity contribution in [3.05, 3.63) is 40.2 Å². The van der Waals surface area contributed by atoms with Gasteiger partial charge in [0, 0.05) is 16.5 Å². The normalized spacial score (nSPS) is 11.8. The van der Waals surface area contributed by atoms with Crippen LogP contribution in [0.4, 0.5) is 0 Å². The lowest BCUT2D eigenvalue weighted by Crippen LogP contribution is -2.36. The van der Waals surface area contributed by atoms with Gasteiger partial charge in [0.05, 0.1) is 12.6 Å². The second-order valence-corrected chi connectivity index (χ2v) is 5.21. The molecule has 1 heterocycles. The molecule has 0 aliphatic rings. The summed E-state index contributed by atoms with van der Waals surface area (Å²) in [6, 6.07) is 7.55. The number of hydrogen-bond acceptors (Lipinski definition) is 3. The molecule has 0 bridgehead atoms. The smallest absolute Gasteiger partial charge is 0.251 e. The van der Waals surface area contributed by atoms with Crippen molar-refractivity contribution in [2.75, 3.05) is 7.11 Å². The minimum absolute atomic E-state index is 0.106. The van der Waals surface area contributed by atoms with Gasteiger partial charge in [-0.3, -0.25) is 4.79 Å². The van der Waals surface area contributed by atoms with E-state index < -0.39 is 5.54 Å². The maximum absolute atomic E-state index is 12.0. The highest BCUT2D eigenvalue weighted by molar-refractivity contribution is 5.84. The number of methoxy groups -OCH3 is 1. The Morgan fingerprint density at radius 2 is 2.11 bits per heavy atom. The van der Waals surface area contributed by atoms with Gasteiger partial charge in [-0.05, 0) is 32.4 Å². The number of para-hydroxylation sites is 1. The number of nitrogens with two attached hydrogens (primary N) is 1. The maximum Gasteiger partial charge on any atom is 0.251 e. The third-order valence-corrected chi connectivity index (χ3v) is 2.78. The zero-order valence-corrected chi connectivity index (χ0v) is 10.9. The number of rotatable bonds is 3. The summed E-state index contributed by atoms with van der Waals surface area (Å²) in [5.74, 6) is 0.670. The van der Waals surface area contributed by atoms with Crippen LogP contribution in [0.1, 0.15) is 19.4 Å². The summed E-state index contributed by atoms with van der Waals surface area (Å²) in [5.41, 5.74) is 6.87. The highest BCUT2D eigenvalue weighted by Gasteiger charge is 2.15. The Hall–Kier alpha value is -1.81. The van der Waals surface area contributed by atoms with Crippen LogP contribution in [-0.2, 0) is 6.42 Å². The summed E-state index contributed by atoms with van der Waals surface area (Å²) in [5, 5.41) is 0.952. The Kier molecular flexibility index (Phi) is 3.13. The van der Waals surface area contributed by atoms with Gasteiger partial charge < -0.3 is 15.5 Å². The molecule has 2 rings (SSSR count). The molecule has 0 radical (unpaired) electrons. The molecule has 0 fully saturated rings. The van der Waals surface area contributed by atoms with E-state index in [2.05, 4.69) is 4.98 Å². The van der Waals surface area contributed by atoms with Gasteiger partial charge in [-0.15, -0.1) is 0 Å². The number of nitrogens with one attached hydrogen (secondary N) is 1. The van der Waals surface area contributed by atoms with Gasteiger partial charge in [0.15, 0.2) is 0 Å². The predicted octanol–water partition coefficient (Wildman–Crippen LogP) is 1.82. The molecule has 2 aromatic rings. The molecule has 1 aromatic heterocycles. The van der Waals surface area contributed by atoms with Crippen molar-refractivity contribution in [2.24, 2.45) is 5.73 Å². The molecule has 0 saturated carbocycles. The van der Waals surface area contributed by atoms with Gasteiger partial charge in [-0.25, -0.2) is 0 Å². The largest absolute Gasteiger partial charge is 0.495 e. The van der Waals surface area contributed by atoms with E-state index in [1.54, 1.807) is 7.11 Å². The highest BCUT2D eigenvalue weighted by atomic mass is 16.5. The number of H-pyrrole nitrogens is 1. The maximum atomic E-state index is 12.0. The molecule has 0 amide bonds. The van der Waals surface area contributed by atoms with Crippen molar-refractivity contribution in [1.82, 2.24) is 4.98 Å². The average Bonchev–Trinajstić information content (AvgIpc) is 2.27. The summed E-state index contributed by atoms with van der Waals surface area (Å²) in [7, 11) is 1.59. The van der Waals surface area contributed by atoms with Crippen LogP contribution in [0.2, 0.25) is 0 Å². The van der Waals surface area contributed by atoms with Crippen molar-refractivity contribution < 1.29 is 4.74 Å². The minimum atomic E-state index is -0.403. The van der Waals surface area contributed by atoms with E-state index in [4.69, 9.17) is 10.5 Å². The molecular formula is C14H18N2O2. The molecule has 0 saturated heterocycles. The van der Waals surface area contributed by atoms with Gasteiger partial charge in [0.25, 0.3) is 5.56 Å². The van der Waals surface area contributed by atoms with E-state index in [0.717, 1.165) is 10.9 Å². The summed E-state index contributed by atoms with van der Waals surface area (Å²) in [4.78, 5) is 14.9. The van der Waals surface area contributed by atoms with Crippen LogP contribution in [0, 0.1) is 0 Å². The first-order chi connectivity index (χ1) is 8.40. The fraction of sp³-hybridized carbons (Fsp3) is 0.357. The van der Waals surface area contributed by atoms with Crippen molar-refractivity contribution in [3.63, 3.8) is 0 Å². The van der Waals surface area contributed by atoms with Crippen LogP contribution >= 0.6 is 0 Å². The quantitative estimate of drug-likeness (QED) is 0.868. The highest BCUT2D eigenvalue weighted by Crippen LogP contribution is 2.23. The van der Waals surface area contributed by atoms with Crippen molar-refractivity contribution in [3.8, 4) is 5.75 Å². The standard InChI is InChI=1S/C14H18N2O2/c1-14(2,15)8-10-7-9-5-4-6-11(18-3)12(9)16-13(10)17/h4-7H,8,15H2,1-3H3,(H,16,17). The lowest BCUT2D eigenvalue weighted by atomic mass is 9.96. The third-order valence-electron chi connectivity index (χ3n) is 2.78. The second-order valence-electron chi connectivity index (χ2n) is 5.21. The van der Waals surface area contributed by atoms with Crippen LogP contribution in [0.15, 0.2) is 29.1 Å². The molecule has 18 heavy (non-hydrogen) atoms. The fourth-order valence-electron chi connectivity index (χ4n) is 2.04. The molecule has 0 unspecified atom stereocenters. The zero-order valence-electron chi connectivity index (χ0n) is 10.9. The Morgan fingerprint density at radius 1 is 1.39 bits per heavy atom. The Labute approximate surface area is 106 Å². The number of aromatic amines is 1. The number of pyridine rings is 1. The monoisotopic (exact) mass is 246 g/mol. The number of fused-ring (bicyclic) bond motifs is 1. The van der Waals surface area contributed by atoms with Crippen LogP contribution in [0.5, 0.6) is 5.75 Å². The van der Waals surface area contributed by atoms with Crippen molar-refractivity contribution >= 4 is 10.9 Å². The van der Waals surface area contributed by atoms with E-state index in [1.165, 1.54) is 0 Å². The molecule has 0 atom stereocenters. The van der Waals surface area contributed by atoms with Gasteiger partial charge in [0.2, 0.25) is 0 Å². The average molecular weight is 246 g/mol. The lowest BCUT2D eigenvalue weighted by molar-refractivity contribution is 0.419. The first-order valence-electron chi connectivity index (χ1n) is 5.88. The summed E-state index contributed by atoms with van der Waals surface area (Å²) < 4.78 is 5.23. The lowest BCUT2D eigenvalue weighted by Gasteiger charge is -2.18. The Bertz CT molecular complexity index is 624. The molecular weight excluding hydrogens is 228 g/mol. The fourth-order valence-corrected chi connectivity index (χ4v) is 2.04. The topological polar surface area (TPSA) is 68.1 Å². The van der Waals surface area contributed by atoms with Crippen LogP contribution in [-0.4, -0.2) is 17.6 Å². The van der Waals surface area contributed by atoms with E-state index in [9.17, 15) is 4.79 Å². The Morgan fingerprint density at radius 3 is 2.72 bits per heavy atom. The molecule has 3 N–H and O–H groups in total. The van der Waals surface area contributed by atoms with E-state index in [-0.39, 0.29) is 5.56 Å². The third kappa shape index (κ3) is 2.54. The SMILES string of the molecule is COc1cccc2cc(CC(C)(C)N)c(=O)[nH]c12. The summed E-state index contributed by atoms with van der Waals surface area (Å²) in [6.07, 6.45) is 0.537. The second kappa shape index (κ2) is 4.46. The first kappa shape index (κ1) is 12.6. The first-order valence-corrected chi connectivity index (χ1v) is 5.88. The van der Waals surface area contributed by atoms with Crippen LogP contribution in [0.3, 0.4) is 0 Å². The molecule has 1 aromatic carbocycles. The van der Waals surface area contributed by atoms with E-state index in [0.29, 0.717) is 17.7 Å². The molecule has 0 spiro atoms. The van der Waals surface area contributed by atoms with Crippen molar-refractivity contribution in [1.29, 1.82) is 0 Å². The van der Waals surface area contributed by atoms with Crippen LogP contribution < -0.4 is 16.0 Å². The number of benzene rings is 1. The van der Waals surface area contributed by atoms with Gasteiger partial charge in [-0.1, -0.05) is 12.1 Å². The molecule has 4 heteroatoms. The van der Waals surface area contributed by atoms with E-state index in [1.807, 2.05) is 38.1 Å². The summed E-state index contributed by atoms with van der Waals surface area (Å²) >= 11 is 0. The summed E-state index contributed by atoms with van der Waals surface area (Å²) in [6.45, 7) is 3.81. The van der Waals surface area contributed by atoms with Gasteiger partial charge in [0.1, 0.15) is 5.75 Å². The van der Waals surface area contributed by atoms with E-state index >= 15 is 0 Å². The molecule has 0 aliphatic carbocycles. The van der Waals surface area contributed by atoms with Crippen LogP contribution in [0.25, 0.3) is 10.9 Å². The minimum Gasteiger partial charge on any atom is -0.495 e. The number of aromatic nitrogens is 1. The predicted molar refractivity (Wildman–Crippen MR) is 73.1 cm³/mol. The van der Waals surface area contributed by atoms with Gasteiger partial charge in [-0.2, -0.15) is 0 Å². The molecule has 0 aliphatic heterocycles. The van der Waals surface area contributed by atoms with Crippen molar-refractivity contribution in [2.45, 2.75) is 25.8 Å². The molecule has 4 nitrogen and oxygen atoms in total. The number of hydrogen-bond donors (Lipinski definition) is 2. The molecule has 96 valence electrons. The van der Waals surface area contributed by atoms with Gasteiger partial charge >= 0.3 is 0 Å². The zero-order chi connectivity index (χ0) is 13.3. The number of ether oxygens (including phenoxy) is 1.